The Hall–Kier alpha value is -3.26. The highest BCUT2D eigenvalue weighted by Crippen LogP contribution is 2.44. The van der Waals surface area contributed by atoms with Crippen LogP contribution in [0.1, 0.15) is 36.3 Å². The molecular weight excluding hydrogens is 366 g/mol. The Morgan fingerprint density at radius 3 is 2.34 bits per heavy atom. The van der Waals surface area contributed by atoms with E-state index in [0.29, 0.717) is 19.4 Å². The predicted octanol–water partition coefficient (Wildman–Crippen LogP) is 3.97. The molecule has 1 unspecified atom stereocenters. The number of ether oxygens (including phenoxy) is 2. The number of amides is 1. The van der Waals surface area contributed by atoms with Crippen LogP contribution in [0.15, 0.2) is 48.5 Å². The van der Waals surface area contributed by atoms with E-state index >= 15 is 0 Å². The van der Waals surface area contributed by atoms with E-state index in [2.05, 4.69) is 30.2 Å². The largest absolute Gasteiger partial charge is 0.467 e. The van der Waals surface area contributed by atoms with Gasteiger partial charge in [0, 0.05) is 18.9 Å². The van der Waals surface area contributed by atoms with Gasteiger partial charge in [-0.15, -0.1) is 12.3 Å². The van der Waals surface area contributed by atoms with Gasteiger partial charge in [-0.05, 0) is 35.1 Å². The number of methoxy groups -OCH3 is 1. The van der Waals surface area contributed by atoms with Crippen LogP contribution in [0, 0.1) is 12.3 Å². The minimum absolute atomic E-state index is 0.0332. The summed E-state index contributed by atoms with van der Waals surface area (Å²) in [5, 5.41) is 0. The Bertz CT molecular complexity index is 947. The van der Waals surface area contributed by atoms with Crippen molar-refractivity contribution in [2.45, 2.75) is 30.7 Å². The minimum Gasteiger partial charge on any atom is -0.467 e. The molecule has 148 valence electrons. The quantitative estimate of drug-likeness (QED) is 0.587. The molecule has 0 radical (unpaired) electrons. The summed E-state index contributed by atoms with van der Waals surface area (Å²) in [6.07, 6.45) is 6.25. The number of benzene rings is 2. The van der Waals surface area contributed by atoms with Crippen molar-refractivity contribution in [2.24, 2.45) is 0 Å². The Labute approximate surface area is 170 Å². The average Bonchev–Trinajstić information content (AvgIpc) is 3.32. The topological polar surface area (TPSA) is 55.8 Å². The van der Waals surface area contributed by atoms with Crippen LogP contribution in [0.3, 0.4) is 0 Å². The van der Waals surface area contributed by atoms with Crippen molar-refractivity contribution in [3.8, 4) is 23.5 Å². The Morgan fingerprint density at radius 2 is 1.76 bits per heavy atom. The number of hydrogen-bond acceptors (Lipinski definition) is 4. The summed E-state index contributed by atoms with van der Waals surface area (Å²) in [5.74, 6) is 2.01. The first-order valence-corrected chi connectivity index (χ1v) is 9.77. The van der Waals surface area contributed by atoms with Crippen LogP contribution in [0.25, 0.3) is 11.1 Å². The van der Waals surface area contributed by atoms with Crippen LogP contribution >= 0.6 is 0 Å². The fraction of sp³-hybridized carbons (Fsp3) is 0.333. The summed E-state index contributed by atoms with van der Waals surface area (Å²) in [7, 11) is 1.31. The van der Waals surface area contributed by atoms with Gasteiger partial charge in [0.1, 0.15) is 6.61 Å². The second-order valence-electron chi connectivity index (χ2n) is 7.46. The zero-order valence-corrected chi connectivity index (χ0v) is 16.4. The zero-order chi connectivity index (χ0) is 20.4. The number of carbonyl (C=O) groups excluding carboxylic acids is 2. The van der Waals surface area contributed by atoms with Crippen molar-refractivity contribution in [3.05, 3.63) is 59.7 Å². The van der Waals surface area contributed by atoms with E-state index in [0.717, 1.165) is 11.1 Å². The molecule has 0 N–H and O–H groups in total. The van der Waals surface area contributed by atoms with Crippen LogP contribution in [-0.4, -0.2) is 42.8 Å². The predicted molar refractivity (Wildman–Crippen MR) is 109 cm³/mol. The summed E-state index contributed by atoms with van der Waals surface area (Å²) >= 11 is 0. The van der Waals surface area contributed by atoms with Gasteiger partial charge < -0.3 is 9.47 Å². The van der Waals surface area contributed by atoms with Gasteiger partial charge in [0.15, 0.2) is 5.54 Å². The van der Waals surface area contributed by atoms with Crippen molar-refractivity contribution in [3.63, 3.8) is 0 Å². The summed E-state index contributed by atoms with van der Waals surface area (Å²) < 4.78 is 10.7. The van der Waals surface area contributed by atoms with E-state index in [1.54, 1.807) is 0 Å². The highest BCUT2D eigenvalue weighted by atomic mass is 16.6. The zero-order valence-electron chi connectivity index (χ0n) is 16.4. The summed E-state index contributed by atoms with van der Waals surface area (Å²) in [5.41, 5.74) is 3.49. The molecule has 1 atom stereocenters. The van der Waals surface area contributed by atoms with Crippen molar-refractivity contribution < 1.29 is 19.1 Å². The minimum atomic E-state index is -1.13. The van der Waals surface area contributed by atoms with Gasteiger partial charge >= 0.3 is 12.1 Å². The van der Waals surface area contributed by atoms with Crippen LogP contribution in [0.2, 0.25) is 0 Å². The lowest BCUT2D eigenvalue weighted by molar-refractivity contribution is -0.152. The molecule has 2 aliphatic rings. The molecule has 2 aromatic rings. The molecule has 0 aromatic heterocycles. The van der Waals surface area contributed by atoms with E-state index in [4.69, 9.17) is 15.9 Å². The molecule has 5 nitrogen and oxygen atoms in total. The first-order valence-electron chi connectivity index (χ1n) is 9.77. The monoisotopic (exact) mass is 389 g/mol. The number of hydrogen-bond donors (Lipinski definition) is 0. The van der Waals surface area contributed by atoms with E-state index < -0.39 is 17.6 Å². The molecule has 2 aromatic carbocycles. The van der Waals surface area contributed by atoms with Crippen molar-refractivity contribution >= 4 is 12.1 Å². The van der Waals surface area contributed by atoms with Gasteiger partial charge in [-0.3, -0.25) is 4.90 Å². The molecule has 29 heavy (non-hydrogen) atoms. The molecule has 0 spiro atoms. The maximum Gasteiger partial charge on any atom is 0.410 e. The third-order valence-corrected chi connectivity index (χ3v) is 6.01. The van der Waals surface area contributed by atoms with Crippen molar-refractivity contribution in [1.82, 2.24) is 4.90 Å². The van der Waals surface area contributed by atoms with E-state index in [-0.39, 0.29) is 18.9 Å². The number of nitrogens with zero attached hydrogens (tertiary/aromatic N) is 1. The molecule has 1 aliphatic heterocycles. The van der Waals surface area contributed by atoms with E-state index in [1.807, 2.05) is 24.3 Å². The third-order valence-electron chi connectivity index (χ3n) is 6.01. The van der Waals surface area contributed by atoms with Gasteiger partial charge in [-0.2, -0.15) is 0 Å². The molecule has 5 heteroatoms. The van der Waals surface area contributed by atoms with Crippen LogP contribution < -0.4 is 0 Å². The molecule has 1 amide bonds. The van der Waals surface area contributed by atoms with Crippen LogP contribution in [-0.2, 0) is 14.3 Å². The fourth-order valence-electron chi connectivity index (χ4n) is 4.64. The Balaban J connectivity index is 1.56. The molecule has 4 rings (SSSR count). The maximum absolute atomic E-state index is 13.0. The van der Waals surface area contributed by atoms with Crippen molar-refractivity contribution in [1.29, 1.82) is 0 Å². The summed E-state index contributed by atoms with van der Waals surface area (Å²) in [4.78, 5) is 26.9. The second-order valence-corrected chi connectivity index (χ2v) is 7.46. The fourth-order valence-corrected chi connectivity index (χ4v) is 4.64. The normalized spacial score (nSPS) is 19.9. The highest BCUT2D eigenvalue weighted by Gasteiger charge is 2.51. The smallest absolute Gasteiger partial charge is 0.410 e. The molecule has 1 saturated heterocycles. The van der Waals surface area contributed by atoms with Crippen LogP contribution in [0.4, 0.5) is 4.79 Å². The summed E-state index contributed by atoms with van der Waals surface area (Å²) in [6.45, 7) is 0.629. The lowest BCUT2D eigenvalue weighted by Crippen LogP contribution is -2.53. The van der Waals surface area contributed by atoms with Gasteiger partial charge in [-0.1, -0.05) is 48.5 Å². The molecule has 0 bridgehead atoms. The first kappa shape index (κ1) is 19.1. The molecule has 1 heterocycles. The lowest BCUT2D eigenvalue weighted by Gasteiger charge is -2.34. The summed E-state index contributed by atoms with van der Waals surface area (Å²) in [6, 6.07) is 16.3. The SMILES string of the molecule is C#CCC1(C(=O)OC)CCCN1C(=O)OCC1c2ccccc2-c2ccccc21. The molecule has 1 aliphatic carbocycles. The molecular formula is C24H23NO4. The maximum atomic E-state index is 13.0. The van der Waals surface area contributed by atoms with E-state index in [1.165, 1.54) is 23.1 Å². The lowest BCUT2D eigenvalue weighted by atomic mass is 9.92. The third kappa shape index (κ3) is 3.05. The Morgan fingerprint density at radius 1 is 1.14 bits per heavy atom. The van der Waals surface area contributed by atoms with Gasteiger partial charge in [0.2, 0.25) is 0 Å². The van der Waals surface area contributed by atoms with Crippen molar-refractivity contribution in [2.75, 3.05) is 20.3 Å². The van der Waals surface area contributed by atoms with E-state index in [9.17, 15) is 9.59 Å². The average molecular weight is 389 g/mol. The Kier molecular flexibility index (Phi) is 5.02. The van der Waals surface area contributed by atoms with Gasteiger partial charge in [-0.25, -0.2) is 9.59 Å². The standard InChI is InChI=1S/C24H23NO4/c1-3-13-24(22(26)28-2)14-8-15-25(24)23(27)29-16-21-19-11-6-4-9-17(19)18-10-5-7-12-20(18)21/h1,4-7,9-12,21H,8,13-16H2,2H3. The van der Waals surface area contributed by atoms with Crippen LogP contribution in [0.5, 0.6) is 0 Å². The number of carbonyl (C=O) groups is 2. The number of fused-ring (bicyclic) bond motifs is 3. The number of terminal acetylenes is 1. The second kappa shape index (κ2) is 7.63. The molecule has 0 saturated carbocycles. The highest BCUT2D eigenvalue weighted by molar-refractivity contribution is 5.87. The number of likely N-dealkylation sites (tertiary alicyclic amines) is 1. The molecule has 1 fully saturated rings. The van der Waals surface area contributed by atoms with Gasteiger partial charge in [0.05, 0.1) is 7.11 Å². The number of esters is 1. The number of rotatable bonds is 4. The first-order chi connectivity index (χ1) is 14.1. The van der Waals surface area contributed by atoms with Gasteiger partial charge in [0.25, 0.3) is 0 Å².